The molecule has 0 bridgehead atoms. The first-order chi connectivity index (χ1) is 11.5. The van der Waals surface area contributed by atoms with Crippen molar-refractivity contribution < 1.29 is 23.4 Å². The summed E-state index contributed by atoms with van der Waals surface area (Å²) in [6, 6.07) is 8.38. The number of benzene rings is 2. The van der Waals surface area contributed by atoms with Gasteiger partial charge < -0.3 is 19.9 Å². The summed E-state index contributed by atoms with van der Waals surface area (Å²) >= 11 is 0. The second kappa shape index (κ2) is 7.62. The van der Waals surface area contributed by atoms with Crippen LogP contribution in [0.1, 0.15) is 17.2 Å². The maximum atomic E-state index is 13.8. The van der Waals surface area contributed by atoms with Gasteiger partial charge in [0.15, 0.2) is 11.6 Å². The molecule has 0 aliphatic carbocycles. The van der Waals surface area contributed by atoms with Gasteiger partial charge in [0, 0.05) is 12.1 Å². The van der Waals surface area contributed by atoms with E-state index in [-0.39, 0.29) is 12.1 Å². The van der Waals surface area contributed by atoms with Gasteiger partial charge in [-0.05, 0) is 30.3 Å². The zero-order valence-corrected chi connectivity index (χ0v) is 13.1. The van der Waals surface area contributed by atoms with E-state index in [9.17, 15) is 13.9 Å². The van der Waals surface area contributed by atoms with E-state index in [0.717, 1.165) is 12.1 Å². The highest BCUT2D eigenvalue weighted by Gasteiger charge is 2.17. The minimum Gasteiger partial charge on any atom is -0.497 e. The fourth-order valence-corrected chi connectivity index (χ4v) is 2.22. The third-order valence-electron chi connectivity index (χ3n) is 3.44. The van der Waals surface area contributed by atoms with Gasteiger partial charge in [-0.1, -0.05) is 0 Å². The summed E-state index contributed by atoms with van der Waals surface area (Å²) in [5.41, 5.74) is -0.112. The van der Waals surface area contributed by atoms with Crippen molar-refractivity contribution in [3.63, 3.8) is 0 Å². The number of nitrogens with one attached hydrogen (secondary N) is 1. The molecule has 2 N–H and O–H groups in total. The van der Waals surface area contributed by atoms with Gasteiger partial charge >= 0.3 is 0 Å². The number of ether oxygens (including phenoxy) is 2. The number of methoxy groups -OCH3 is 2. The second-order valence-corrected chi connectivity index (χ2v) is 4.93. The molecule has 2 rings (SSSR count). The molecule has 24 heavy (non-hydrogen) atoms. The van der Waals surface area contributed by atoms with Crippen LogP contribution in [0.4, 0.5) is 14.5 Å². The van der Waals surface area contributed by atoms with E-state index < -0.39 is 23.4 Å². The number of hydrogen-bond donors (Lipinski definition) is 2. The van der Waals surface area contributed by atoms with Gasteiger partial charge in [-0.15, -0.1) is 0 Å². The molecule has 0 spiro atoms. The van der Waals surface area contributed by atoms with Crippen molar-refractivity contribution in [1.29, 1.82) is 5.26 Å². The highest BCUT2D eigenvalue weighted by Crippen LogP contribution is 2.30. The average Bonchev–Trinajstić information content (AvgIpc) is 2.59. The first kappa shape index (κ1) is 17.5. The molecule has 126 valence electrons. The number of rotatable bonds is 6. The molecular weight excluding hydrogens is 318 g/mol. The Kier molecular flexibility index (Phi) is 5.55. The van der Waals surface area contributed by atoms with Gasteiger partial charge in [0.25, 0.3) is 0 Å². The van der Waals surface area contributed by atoms with Gasteiger partial charge in [-0.25, -0.2) is 8.78 Å². The normalized spacial score (nSPS) is 11.5. The summed E-state index contributed by atoms with van der Waals surface area (Å²) in [5, 5.41) is 21.5. The molecule has 7 heteroatoms. The fourth-order valence-electron chi connectivity index (χ4n) is 2.22. The number of hydrogen-bond acceptors (Lipinski definition) is 5. The third-order valence-corrected chi connectivity index (χ3v) is 3.44. The van der Waals surface area contributed by atoms with Crippen LogP contribution in [-0.4, -0.2) is 25.9 Å². The summed E-state index contributed by atoms with van der Waals surface area (Å²) in [5.74, 6) is -0.876. The van der Waals surface area contributed by atoms with Crippen LogP contribution in [0.2, 0.25) is 0 Å². The summed E-state index contributed by atoms with van der Waals surface area (Å²) < 4.78 is 37.9. The maximum absolute atomic E-state index is 13.8. The molecule has 2 aromatic rings. The first-order valence-electron chi connectivity index (χ1n) is 7.03. The van der Waals surface area contributed by atoms with E-state index in [1.54, 1.807) is 24.3 Å². The van der Waals surface area contributed by atoms with Gasteiger partial charge in [0.1, 0.15) is 17.2 Å². The van der Waals surface area contributed by atoms with Crippen molar-refractivity contribution in [2.45, 2.75) is 6.10 Å². The quantitative estimate of drug-likeness (QED) is 0.849. The van der Waals surface area contributed by atoms with Crippen LogP contribution < -0.4 is 14.8 Å². The van der Waals surface area contributed by atoms with Crippen molar-refractivity contribution in [2.24, 2.45) is 0 Å². The molecule has 0 saturated heterocycles. The molecule has 5 nitrogen and oxygen atoms in total. The first-order valence-corrected chi connectivity index (χ1v) is 7.03. The largest absolute Gasteiger partial charge is 0.497 e. The van der Waals surface area contributed by atoms with Crippen LogP contribution in [0.15, 0.2) is 30.3 Å². The Balaban J connectivity index is 2.20. The van der Waals surface area contributed by atoms with Crippen molar-refractivity contribution >= 4 is 5.69 Å². The molecule has 0 aliphatic rings. The summed E-state index contributed by atoms with van der Waals surface area (Å²) in [6.07, 6.45) is -1.09. The molecule has 1 atom stereocenters. The number of aliphatic hydroxyl groups excluding tert-OH is 1. The number of nitrogens with zero attached hydrogens (tertiary/aromatic N) is 1. The third kappa shape index (κ3) is 3.73. The van der Waals surface area contributed by atoms with Gasteiger partial charge in [-0.3, -0.25) is 0 Å². The Hall–Kier alpha value is -2.85. The van der Waals surface area contributed by atoms with Crippen LogP contribution in [0, 0.1) is 23.0 Å². The summed E-state index contributed by atoms with van der Waals surface area (Å²) in [7, 11) is 2.93. The minimum atomic E-state index is -1.09. The predicted octanol–water partition coefficient (Wildman–Crippen LogP) is 3.00. The number of halogens is 2. The monoisotopic (exact) mass is 334 g/mol. The number of nitriles is 1. The van der Waals surface area contributed by atoms with Crippen molar-refractivity contribution in [2.75, 3.05) is 26.1 Å². The highest BCUT2D eigenvalue weighted by molar-refractivity contribution is 5.51. The Morgan fingerprint density at radius 3 is 2.38 bits per heavy atom. The Morgan fingerprint density at radius 1 is 1.17 bits per heavy atom. The lowest BCUT2D eigenvalue weighted by molar-refractivity contribution is 0.186. The van der Waals surface area contributed by atoms with E-state index >= 15 is 0 Å². The zero-order chi connectivity index (χ0) is 17.7. The van der Waals surface area contributed by atoms with Gasteiger partial charge in [0.05, 0.1) is 32.0 Å². The minimum absolute atomic E-state index is 0.120. The standard InChI is InChI=1S/C17H16F2N2O3/c1-23-11-3-4-16(24-2)12(7-11)15(22)9-21-17-13(18)5-10(8-20)6-14(17)19/h3-7,15,21-22H,9H2,1-2H3. The molecule has 0 amide bonds. The molecule has 2 aromatic carbocycles. The molecule has 0 aliphatic heterocycles. The second-order valence-electron chi connectivity index (χ2n) is 4.93. The topological polar surface area (TPSA) is 74.5 Å². The Bertz CT molecular complexity index is 752. The summed E-state index contributed by atoms with van der Waals surface area (Å²) in [6.45, 7) is -0.163. The van der Waals surface area contributed by atoms with E-state index in [1.807, 2.05) is 0 Å². The van der Waals surface area contributed by atoms with Gasteiger partial charge in [0.2, 0.25) is 0 Å². The van der Waals surface area contributed by atoms with E-state index in [4.69, 9.17) is 14.7 Å². The van der Waals surface area contributed by atoms with Crippen LogP contribution in [0.25, 0.3) is 0 Å². The van der Waals surface area contributed by atoms with Crippen LogP contribution >= 0.6 is 0 Å². The Labute approximate surface area is 138 Å². The lowest BCUT2D eigenvalue weighted by Gasteiger charge is -2.17. The molecule has 0 aromatic heterocycles. The lowest BCUT2D eigenvalue weighted by Crippen LogP contribution is -2.15. The molecule has 0 fully saturated rings. The molecule has 0 saturated carbocycles. The number of anilines is 1. The van der Waals surface area contributed by atoms with Crippen molar-refractivity contribution in [3.05, 3.63) is 53.1 Å². The zero-order valence-electron chi connectivity index (χ0n) is 13.1. The lowest BCUT2D eigenvalue weighted by atomic mass is 10.1. The Morgan fingerprint density at radius 2 is 1.83 bits per heavy atom. The number of aliphatic hydroxyl groups is 1. The van der Waals surface area contributed by atoms with E-state index in [2.05, 4.69) is 5.32 Å². The predicted molar refractivity (Wildman–Crippen MR) is 84.1 cm³/mol. The molecule has 0 heterocycles. The highest BCUT2D eigenvalue weighted by atomic mass is 19.1. The maximum Gasteiger partial charge on any atom is 0.150 e. The van der Waals surface area contributed by atoms with Crippen molar-refractivity contribution in [3.8, 4) is 17.6 Å². The summed E-state index contributed by atoms with van der Waals surface area (Å²) in [4.78, 5) is 0. The van der Waals surface area contributed by atoms with Crippen LogP contribution in [-0.2, 0) is 0 Å². The smallest absolute Gasteiger partial charge is 0.150 e. The molecular formula is C17H16F2N2O3. The fraction of sp³-hybridized carbons (Fsp3) is 0.235. The molecule has 0 radical (unpaired) electrons. The van der Waals surface area contributed by atoms with Crippen LogP contribution in [0.3, 0.4) is 0 Å². The molecule has 1 unspecified atom stereocenters. The van der Waals surface area contributed by atoms with E-state index in [0.29, 0.717) is 17.1 Å². The van der Waals surface area contributed by atoms with Crippen molar-refractivity contribution in [1.82, 2.24) is 0 Å². The average molecular weight is 334 g/mol. The van der Waals surface area contributed by atoms with Gasteiger partial charge in [-0.2, -0.15) is 5.26 Å². The van der Waals surface area contributed by atoms with Crippen LogP contribution in [0.5, 0.6) is 11.5 Å². The van der Waals surface area contributed by atoms with E-state index in [1.165, 1.54) is 14.2 Å². The SMILES string of the molecule is COc1ccc(OC)c(C(O)CNc2c(F)cc(C#N)cc2F)c1.